The van der Waals surface area contributed by atoms with E-state index in [1.54, 1.807) is 0 Å². The van der Waals surface area contributed by atoms with Crippen molar-refractivity contribution in [3.63, 3.8) is 0 Å². The third kappa shape index (κ3) is 4.58. The molecule has 0 fully saturated rings. The molecule has 7 heteroatoms. The molecule has 0 rings (SSSR count). The minimum Gasteiger partial charge on any atom is -0.323 e. The van der Waals surface area contributed by atoms with Crippen molar-refractivity contribution in [1.29, 1.82) is 0 Å². The smallest absolute Gasteiger partial charge is 0.323 e. The predicted octanol–water partition coefficient (Wildman–Crippen LogP) is -0.736. The van der Waals surface area contributed by atoms with Gasteiger partial charge in [-0.25, -0.2) is 4.79 Å². The molecule has 0 spiro atoms. The Balaban J connectivity index is 4.10. The highest BCUT2D eigenvalue weighted by atomic mass is 31.2. The van der Waals surface area contributed by atoms with Gasteiger partial charge in [0.2, 0.25) is 0 Å². The molecular weight excluding hydrogens is 183 g/mol. The Labute approximate surface area is 70.9 Å². The maximum Gasteiger partial charge on any atom is 0.346 e. The van der Waals surface area contributed by atoms with Crippen LogP contribution in [-0.4, -0.2) is 40.7 Å². The topological polar surface area (TPSA) is 88.7 Å². The molecule has 12 heavy (non-hydrogen) atoms. The molecule has 0 atom stereocenters. The van der Waals surface area contributed by atoms with Gasteiger partial charge < -0.3 is 9.79 Å². The number of hydrogen-bond acceptors (Lipinski definition) is 2. The first-order chi connectivity index (χ1) is 5.15. The lowest BCUT2D eigenvalue weighted by Crippen LogP contribution is -2.50. The van der Waals surface area contributed by atoms with Crippen molar-refractivity contribution in [1.82, 2.24) is 5.43 Å². The van der Waals surface area contributed by atoms with Gasteiger partial charge in [0.05, 0.1) is 21.0 Å². The summed E-state index contributed by atoms with van der Waals surface area (Å²) in [6, 6.07) is 0. The van der Waals surface area contributed by atoms with Crippen LogP contribution in [0.3, 0.4) is 0 Å². The minimum atomic E-state index is -4.14. The minimum absolute atomic E-state index is 0.275. The molecule has 0 aliphatic rings. The van der Waals surface area contributed by atoms with Gasteiger partial charge in [0.1, 0.15) is 0 Å². The summed E-state index contributed by atoms with van der Waals surface area (Å²) in [5.74, 6) is -0.275. The summed E-state index contributed by atoms with van der Waals surface area (Å²) in [6.45, 7) is 1.31. The monoisotopic (exact) mass is 196 g/mol. The third-order valence-corrected chi connectivity index (χ3v) is 1.87. The summed E-state index contributed by atoms with van der Waals surface area (Å²) in [5, 5.41) is 0. The second kappa shape index (κ2) is 3.64. The zero-order chi connectivity index (χ0) is 9.99. The van der Waals surface area contributed by atoms with E-state index in [9.17, 15) is 9.36 Å². The summed E-state index contributed by atoms with van der Waals surface area (Å²) in [6.07, 6.45) is -0.625. The summed E-state index contributed by atoms with van der Waals surface area (Å²) in [4.78, 5) is 27.7. The van der Waals surface area contributed by atoms with Crippen LogP contribution in [-0.2, 0) is 9.36 Å². The molecule has 0 aromatic rings. The van der Waals surface area contributed by atoms with Crippen LogP contribution >= 0.6 is 7.60 Å². The van der Waals surface area contributed by atoms with Gasteiger partial charge in [-0.1, -0.05) is 0 Å². The summed E-state index contributed by atoms with van der Waals surface area (Å²) in [7, 11) is -1.22. The first-order valence-electron chi connectivity index (χ1n) is 3.24. The highest BCUT2D eigenvalue weighted by Gasteiger charge is 2.28. The second-order valence-electron chi connectivity index (χ2n) is 2.86. The van der Waals surface area contributed by atoms with Crippen molar-refractivity contribution in [2.45, 2.75) is 6.92 Å². The van der Waals surface area contributed by atoms with E-state index in [1.807, 2.05) is 0 Å². The van der Waals surface area contributed by atoms with Crippen LogP contribution in [0.4, 0.5) is 0 Å². The van der Waals surface area contributed by atoms with Crippen molar-refractivity contribution < 1.29 is 23.7 Å². The number of carbonyl (C=O) groups excluding carboxylic acids is 1. The molecule has 0 saturated heterocycles. The van der Waals surface area contributed by atoms with Crippen molar-refractivity contribution in [3.05, 3.63) is 0 Å². The Morgan fingerprint density at radius 1 is 1.50 bits per heavy atom. The second-order valence-corrected chi connectivity index (χ2v) is 4.47. The lowest BCUT2D eigenvalue weighted by molar-refractivity contribution is -0.862. The fourth-order valence-electron chi connectivity index (χ4n) is 0.340. The number of quaternary nitrogens is 1. The molecule has 1 radical (unpaired) electrons. The normalized spacial score (nSPS) is 13.1. The van der Waals surface area contributed by atoms with E-state index < -0.39 is 13.9 Å². The van der Waals surface area contributed by atoms with E-state index in [0.29, 0.717) is 0 Å². The Bertz CT molecular complexity index is 221. The first kappa shape index (κ1) is 11.7. The third-order valence-electron chi connectivity index (χ3n) is 1.37. The van der Waals surface area contributed by atoms with Gasteiger partial charge in [-0.15, -0.1) is 0 Å². The van der Waals surface area contributed by atoms with Crippen LogP contribution in [0.2, 0.25) is 0 Å². The van der Waals surface area contributed by atoms with E-state index in [1.165, 1.54) is 21.0 Å². The Morgan fingerprint density at radius 2 is 1.92 bits per heavy atom. The SMILES string of the molecule is CC(=O)[N+](C)(C)[N]CP(=O)(O)O. The number of hydrogen-bond donors (Lipinski definition) is 2. The van der Waals surface area contributed by atoms with Gasteiger partial charge in [-0.2, -0.15) is 4.59 Å². The van der Waals surface area contributed by atoms with Crippen molar-refractivity contribution in [2.24, 2.45) is 0 Å². The molecule has 0 aliphatic carbocycles. The molecule has 0 bridgehead atoms. The van der Waals surface area contributed by atoms with Crippen molar-refractivity contribution >= 4 is 13.5 Å². The quantitative estimate of drug-likeness (QED) is 0.353. The van der Waals surface area contributed by atoms with Crippen molar-refractivity contribution in [2.75, 3.05) is 20.4 Å². The number of amides is 1. The molecule has 0 aromatic carbocycles. The van der Waals surface area contributed by atoms with Gasteiger partial charge >= 0.3 is 13.5 Å². The number of nitrogens with zero attached hydrogens (tertiary/aromatic N) is 2. The Morgan fingerprint density at radius 3 is 2.17 bits per heavy atom. The maximum atomic E-state index is 10.8. The summed E-state index contributed by atoms with van der Waals surface area (Å²) < 4.78 is 10.0. The highest BCUT2D eigenvalue weighted by molar-refractivity contribution is 7.51. The largest absolute Gasteiger partial charge is 0.346 e. The summed E-state index contributed by atoms with van der Waals surface area (Å²) in [5.41, 5.74) is 3.55. The average molecular weight is 196 g/mol. The molecule has 0 unspecified atom stereocenters. The molecule has 0 aliphatic heterocycles. The van der Waals surface area contributed by atoms with Gasteiger partial charge in [0.25, 0.3) is 0 Å². The molecule has 0 aromatic heterocycles. The van der Waals surface area contributed by atoms with Crippen molar-refractivity contribution in [3.8, 4) is 0 Å². The fourth-order valence-corrected chi connectivity index (χ4v) is 0.821. The maximum absolute atomic E-state index is 10.8. The predicted molar refractivity (Wildman–Crippen MR) is 41.8 cm³/mol. The number of rotatable bonds is 3. The highest BCUT2D eigenvalue weighted by Crippen LogP contribution is 2.33. The fraction of sp³-hybridized carbons (Fsp3) is 0.800. The summed E-state index contributed by atoms with van der Waals surface area (Å²) >= 11 is 0. The zero-order valence-electron chi connectivity index (χ0n) is 7.26. The van der Waals surface area contributed by atoms with Gasteiger partial charge in [0, 0.05) is 0 Å². The Kier molecular flexibility index (Phi) is 3.56. The lowest BCUT2D eigenvalue weighted by atomic mass is 10.6. The van der Waals surface area contributed by atoms with Gasteiger partial charge in [0.15, 0.2) is 6.29 Å². The average Bonchev–Trinajstić information content (AvgIpc) is 1.82. The standard InChI is InChI=1S/C5H13N2O4P/c1-5(8)7(2,3)6-4-12(9,10)11/h4H2,1-3H3,(H2,9,10,11)/q+1. The molecule has 6 nitrogen and oxygen atoms in total. The van der Waals surface area contributed by atoms with Crippen LogP contribution in [0.15, 0.2) is 0 Å². The first-order valence-corrected chi connectivity index (χ1v) is 5.03. The van der Waals surface area contributed by atoms with Crippen LogP contribution in [0.1, 0.15) is 6.92 Å². The van der Waals surface area contributed by atoms with E-state index in [-0.39, 0.29) is 10.5 Å². The molecule has 0 saturated carbocycles. The van der Waals surface area contributed by atoms with Crippen LogP contribution < -0.4 is 5.43 Å². The number of carbonyl (C=O) groups is 1. The van der Waals surface area contributed by atoms with Gasteiger partial charge in [-0.05, 0) is 5.43 Å². The van der Waals surface area contributed by atoms with E-state index >= 15 is 0 Å². The van der Waals surface area contributed by atoms with E-state index in [4.69, 9.17) is 9.79 Å². The van der Waals surface area contributed by atoms with Crippen LogP contribution in [0.5, 0.6) is 0 Å². The molecule has 1 amide bonds. The molecule has 2 N–H and O–H groups in total. The lowest BCUT2D eigenvalue weighted by Gasteiger charge is -2.21. The van der Waals surface area contributed by atoms with E-state index in [0.717, 1.165) is 0 Å². The molecule has 0 heterocycles. The van der Waals surface area contributed by atoms with Crippen LogP contribution in [0.25, 0.3) is 0 Å². The molecule has 71 valence electrons. The Hall–Kier alpha value is -0.260. The van der Waals surface area contributed by atoms with Crippen LogP contribution in [0, 0.1) is 0 Å². The molecular formula is C5H13N2O4P+. The van der Waals surface area contributed by atoms with Gasteiger partial charge in [-0.3, -0.25) is 4.57 Å². The van der Waals surface area contributed by atoms with E-state index in [2.05, 4.69) is 5.43 Å². The zero-order valence-corrected chi connectivity index (χ0v) is 8.15.